The molecule has 0 amide bonds. The summed E-state index contributed by atoms with van der Waals surface area (Å²) in [5.41, 5.74) is 0. The lowest BCUT2D eigenvalue weighted by atomic mass is 10.3. The number of carbonyl (C=O) groups excluding carboxylic acids is 1. The van der Waals surface area contributed by atoms with Gasteiger partial charge in [-0.25, -0.2) is 9.78 Å². The Bertz CT molecular complexity index is 313. The minimum Gasteiger partial charge on any atom is -0.464 e. The first kappa shape index (κ1) is 10.9. The fourth-order valence-corrected chi connectivity index (χ4v) is 1.53. The molecule has 0 aliphatic carbocycles. The van der Waals surface area contributed by atoms with Crippen molar-refractivity contribution in [1.82, 2.24) is 9.36 Å². The molecule has 0 saturated carbocycles. The van der Waals surface area contributed by atoms with Crippen LogP contribution < -0.4 is 5.32 Å². The van der Waals surface area contributed by atoms with E-state index in [1.54, 1.807) is 20.8 Å². The summed E-state index contributed by atoms with van der Waals surface area (Å²) < 4.78 is 8.83. The monoisotopic (exact) mass is 215 g/mol. The van der Waals surface area contributed by atoms with Gasteiger partial charge in [-0.3, -0.25) is 0 Å². The molecule has 1 heterocycles. The molecule has 0 saturated heterocycles. The number of nitrogens with one attached hydrogen (secondary N) is 1. The van der Waals surface area contributed by atoms with Gasteiger partial charge in [-0.2, -0.15) is 4.37 Å². The minimum absolute atomic E-state index is 0.277. The van der Waals surface area contributed by atoms with Gasteiger partial charge in [-0.15, -0.1) is 0 Å². The van der Waals surface area contributed by atoms with E-state index in [1.165, 1.54) is 11.5 Å². The molecular formula is C8H13N3O2S. The third-order valence-electron chi connectivity index (χ3n) is 1.51. The van der Waals surface area contributed by atoms with E-state index in [-0.39, 0.29) is 12.0 Å². The summed E-state index contributed by atoms with van der Waals surface area (Å²) in [4.78, 5) is 15.3. The van der Waals surface area contributed by atoms with Gasteiger partial charge >= 0.3 is 5.97 Å². The number of hydrogen-bond acceptors (Lipinski definition) is 6. The van der Waals surface area contributed by atoms with Gasteiger partial charge in [0.2, 0.25) is 5.13 Å². The molecule has 0 bridgehead atoms. The molecule has 1 aromatic rings. The number of esters is 1. The van der Waals surface area contributed by atoms with Crippen molar-refractivity contribution in [3.8, 4) is 0 Å². The van der Waals surface area contributed by atoms with E-state index in [0.717, 1.165) is 0 Å². The van der Waals surface area contributed by atoms with Gasteiger partial charge in [-0.1, -0.05) is 0 Å². The van der Waals surface area contributed by atoms with Crippen LogP contribution in [0.3, 0.4) is 0 Å². The van der Waals surface area contributed by atoms with Crippen LogP contribution in [0, 0.1) is 6.92 Å². The average Bonchev–Trinajstić information content (AvgIpc) is 2.51. The van der Waals surface area contributed by atoms with Gasteiger partial charge < -0.3 is 10.1 Å². The molecule has 0 fully saturated rings. The highest BCUT2D eigenvalue weighted by Gasteiger charge is 2.14. The van der Waals surface area contributed by atoms with E-state index in [2.05, 4.69) is 14.7 Å². The van der Waals surface area contributed by atoms with E-state index in [4.69, 9.17) is 4.74 Å². The van der Waals surface area contributed by atoms with Gasteiger partial charge in [0.05, 0.1) is 6.61 Å². The number of anilines is 1. The first-order valence-corrected chi connectivity index (χ1v) is 5.14. The number of aromatic nitrogens is 2. The van der Waals surface area contributed by atoms with Crippen molar-refractivity contribution >= 4 is 22.6 Å². The number of ether oxygens (including phenoxy) is 1. The Hall–Kier alpha value is -1.17. The maximum Gasteiger partial charge on any atom is 0.328 e. The van der Waals surface area contributed by atoms with Gasteiger partial charge in [0.1, 0.15) is 11.9 Å². The molecule has 0 aliphatic heterocycles. The van der Waals surface area contributed by atoms with Crippen molar-refractivity contribution < 1.29 is 9.53 Å². The van der Waals surface area contributed by atoms with Gasteiger partial charge in [-0.05, 0) is 20.8 Å². The highest BCUT2D eigenvalue weighted by Crippen LogP contribution is 2.11. The van der Waals surface area contributed by atoms with Crippen LogP contribution in [-0.2, 0) is 9.53 Å². The Morgan fingerprint density at radius 3 is 2.93 bits per heavy atom. The summed E-state index contributed by atoms with van der Waals surface area (Å²) >= 11 is 1.23. The molecule has 1 N–H and O–H groups in total. The molecule has 1 aromatic heterocycles. The van der Waals surface area contributed by atoms with Crippen LogP contribution in [0.25, 0.3) is 0 Å². The second-order valence-corrected chi connectivity index (χ2v) is 3.52. The number of hydrogen-bond donors (Lipinski definition) is 1. The second-order valence-electron chi connectivity index (χ2n) is 2.76. The largest absolute Gasteiger partial charge is 0.464 e. The molecule has 0 spiro atoms. The third kappa shape index (κ3) is 2.95. The van der Waals surface area contributed by atoms with Crippen LogP contribution in [-0.4, -0.2) is 28.0 Å². The van der Waals surface area contributed by atoms with Crippen LogP contribution >= 0.6 is 11.5 Å². The number of aryl methyl sites for hydroxylation is 1. The number of nitrogens with zero attached hydrogens (tertiary/aromatic N) is 2. The van der Waals surface area contributed by atoms with Crippen molar-refractivity contribution in [2.75, 3.05) is 11.9 Å². The summed E-state index contributed by atoms with van der Waals surface area (Å²) in [6, 6.07) is -0.387. The zero-order chi connectivity index (χ0) is 10.6. The van der Waals surface area contributed by atoms with E-state index in [1.807, 2.05) is 0 Å². The van der Waals surface area contributed by atoms with Crippen LogP contribution in [0.15, 0.2) is 0 Å². The molecule has 0 aliphatic rings. The number of carbonyl (C=O) groups is 1. The fourth-order valence-electron chi connectivity index (χ4n) is 0.867. The first-order valence-electron chi connectivity index (χ1n) is 4.37. The lowest BCUT2D eigenvalue weighted by Gasteiger charge is -2.10. The zero-order valence-corrected chi connectivity index (χ0v) is 9.22. The smallest absolute Gasteiger partial charge is 0.328 e. The van der Waals surface area contributed by atoms with Crippen molar-refractivity contribution in [2.45, 2.75) is 26.8 Å². The van der Waals surface area contributed by atoms with E-state index in [0.29, 0.717) is 17.6 Å². The molecule has 78 valence electrons. The Balaban J connectivity index is 2.48. The Morgan fingerprint density at radius 1 is 1.71 bits per heavy atom. The van der Waals surface area contributed by atoms with Gasteiger partial charge in [0.15, 0.2) is 0 Å². The SMILES string of the molecule is CCOC(=O)C(C)Nc1nc(C)ns1. The third-order valence-corrected chi connectivity index (χ3v) is 2.25. The number of rotatable bonds is 4. The molecule has 1 rings (SSSR count). The van der Waals surface area contributed by atoms with Crippen LogP contribution in [0.2, 0.25) is 0 Å². The lowest BCUT2D eigenvalue weighted by Crippen LogP contribution is -2.28. The molecule has 14 heavy (non-hydrogen) atoms. The molecule has 5 nitrogen and oxygen atoms in total. The lowest BCUT2D eigenvalue weighted by molar-refractivity contribution is -0.143. The standard InChI is InChI=1S/C8H13N3O2S/c1-4-13-7(12)5(2)9-8-10-6(3)11-14-8/h5H,4H2,1-3H3,(H,9,10,11). The van der Waals surface area contributed by atoms with E-state index in [9.17, 15) is 4.79 Å². The van der Waals surface area contributed by atoms with Gasteiger partial charge in [0, 0.05) is 11.5 Å². The zero-order valence-electron chi connectivity index (χ0n) is 8.40. The summed E-state index contributed by atoms with van der Waals surface area (Å²) in [7, 11) is 0. The van der Waals surface area contributed by atoms with E-state index < -0.39 is 0 Å². The molecular weight excluding hydrogens is 202 g/mol. The quantitative estimate of drug-likeness (QED) is 0.765. The normalized spacial score (nSPS) is 12.2. The Labute approximate surface area is 86.7 Å². The predicted octanol–water partition coefficient (Wildman–Crippen LogP) is 1.21. The molecule has 0 radical (unpaired) electrons. The highest BCUT2D eigenvalue weighted by molar-refractivity contribution is 7.09. The van der Waals surface area contributed by atoms with Crippen molar-refractivity contribution in [3.63, 3.8) is 0 Å². The van der Waals surface area contributed by atoms with Crippen LogP contribution in [0.5, 0.6) is 0 Å². The summed E-state index contributed by atoms with van der Waals surface area (Å²) in [6.07, 6.45) is 0. The Kier molecular flexibility index (Phi) is 3.82. The minimum atomic E-state index is -0.387. The van der Waals surface area contributed by atoms with Crippen molar-refractivity contribution in [3.05, 3.63) is 5.82 Å². The maximum absolute atomic E-state index is 11.2. The maximum atomic E-state index is 11.2. The topological polar surface area (TPSA) is 64.1 Å². The molecule has 1 unspecified atom stereocenters. The first-order chi connectivity index (χ1) is 6.63. The Morgan fingerprint density at radius 2 is 2.43 bits per heavy atom. The van der Waals surface area contributed by atoms with Crippen LogP contribution in [0.1, 0.15) is 19.7 Å². The van der Waals surface area contributed by atoms with Crippen molar-refractivity contribution in [2.24, 2.45) is 0 Å². The average molecular weight is 215 g/mol. The van der Waals surface area contributed by atoms with Crippen molar-refractivity contribution in [1.29, 1.82) is 0 Å². The van der Waals surface area contributed by atoms with Crippen LogP contribution in [0.4, 0.5) is 5.13 Å². The molecule has 6 heteroatoms. The molecule has 1 atom stereocenters. The van der Waals surface area contributed by atoms with E-state index >= 15 is 0 Å². The highest BCUT2D eigenvalue weighted by atomic mass is 32.1. The van der Waals surface area contributed by atoms with Gasteiger partial charge in [0.25, 0.3) is 0 Å². The second kappa shape index (κ2) is 4.90. The summed E-state index contributed by atoms with van der Waals surface area (Å²) in [6.45, 7) is 5.70. The summed E-state index contributed by atoms with van der Waals surface area (Å²) in [5, 5.41) is 3.56. The molecule has 0 aromatic carbocycles. The fraction of sp³-hybridized carbons (Fsp3) is 0.625. The summed E-state index contributed by atoms with van der Waals surface area (Å²) in [5.74, 6) is 0.425. The predicted molar refractivity (Wildman–Crippen MR) is 54.4 cm³/mol.